The van der Waals surface area contributed by atoms with Crippen LogP contribution in [0.3, 0.4) is 0 Å². The second-order valence-electron chi connectivity index (χ2n) is 8.56. The number of nitrogens with zero attached hydrogens (tertiary/aromatic N) is 2. The smallest absolute Gasteiger partial charge is 0.330 e. The van der Waals surface area contributed by atoms with Crippen molar-refractivity contribution in [3.63, 3.8) is 0 Å². The molecular weight excluding hydrogens is 356 g/mol. The number of aromatic nitrogens is 2. The van der Waals surface area contributed by atoms with Crippen molar-refractivity contribution in [1.82, 2.24) is 9.55 Å². The van der Waals surface area contributed by atoms with Crippen LogP contribution in [0.5, 0.6) is 0 Å². The van der Waals surface area contributed by atoms with Crippen molar-refractivity contribution >= 4 is 17.4 Å². The highest BCUT2D eigenvalue weighted by Crippen LogP contribution is 2.60. The lowest BCUT2D eigenvalue weighted by Gasteiger charge is -2.25. The van der Waals surface area contributed by atoms with Gasteiger partial charge in [0.05, 0.1) is 5.92 Å². The summed E-state index contributed by atoms with van der Waals surface area (Å²) in [6.45, 7) is 12.9. The molecule has 7 nitrogen and oxygen atoms in total. The predicted octanol–water partition coefficient (Wildman–Crippen LogP) is 2.90. The van der Waals surface area contributed by atoms with Crippen LogP contribution in [0.4, 0.5) is 11.5 Å². The molecule has 1 aliphatic rings. The van der Waals surface area contributed by atoms with E-state index in [0.717, 1.165) is 12.8 Å². The maximum absolute atomic E-state index is 13.4. The fraction of sp³-hybridized carbons (Fsp3) is 0.667. The summed E-state index contributed by atoms with van der Waals surface area (Å²) in [6, 6.07) is 0. The average Bonchev–Trinajstić information content (AvgIpc) is 3.12. The number of hydrogen-bond acceptors (Lipinski definition) is 4. The molecule has 0 bridgehead atoms. The van der Waals surface area contributed by atoms with Crippen LogP contribution in [0.15, 0.2) is 21.2 Å². The van der Waals surface area contributed by atoms with E-state index in [1.807, 2.05) is 27.7 Å². The number of H-pyrrole nitrogens is 1. The first-order valence-electron chi connectivity index (χ1n) is 10.2. The number of nitrogen functional groups attached to an aromatic ring is 1. The fourth-order valence-electron chi connectivity index (χ4n) is 3.92. The summed E-state index contributed by atoms with van der Waals surface area (Å²) < 4.78 is 1.36. The van der Waals surface area contributed by atoms with Crippen LogP contribution < -0.4 is 21.9 Å². The van der Waals surface area contributed by atoms with Crippen LogP contribution in [0.2, 0.25) is 0 Å². The Balaban J connectivity index is 2.50. The molecule has 1 amide bonds. The number of unbranched alkanes of at least 4 members (excludes halogenated alkanes) is 1. The fourth-order valence-corrected chi connectivity index (χ4v) is 3.92. The van der Waals surface area contributed by atoms with Gasteiger partial charge in [-0.1, -0.05) is 45.8 Å². The minimum absolute atomic E-state index is 0.0706. The van der Waals surface area contributed by atoms with Crippen molar-refractivity contribution in [2.45, 2.75) is 67.3 Å². The minimum atomic E-state index is -0.603. The molecule has 1 aromatic rings. The van der Waals surface area contributed by atoms with Crippen LogP contribution >= 0.6 is 0 Å². The quantitative estimate of drug-likeness (QED) is 0.666. The van der Waals surface area contributed by atoms with Crippen molar-refractivity contribution in [1.29, 1.82) is 0 Å². The van der Waals surface area contributed by atoms with Gasteiger partial charge in [0, 0.05) is 13.1 Å². The van der Waals surface area contributed by atoms with E-state index in [9.17, 15) is 14.4 Å². The highest BCUT2D eigenvalue weighted by atomic mass is 16.2. The van der Waals surface area contributed by atoms with Crippen molar-refractivity contribution in [2.75, 3.05) is 17.2 Å². The van der Waals surface area contributed by atoms with Gasteiger partial charge in [-0.15, -0.1) is 0 Å². The SMILES string of the molecule is CCCCn1c(N)c(N(CCC)C(=O)[C@H]2[C@H](C=C(C)C)C2(C)C)c(=O)[nH]c1=O. The number of carbonyl (C=O) groups excluding carboxylic acids is 1. The molecule has 0 saturated heterocycles. The third-order valence-electron chi connectivity index (χ3n) is 5.62. The normalized spacial score (nSPS) is 19.9. The Morgan fingerprint density at radius 2 is 1.89 bits per heavy atom. The standard InChI is InChI=1S/C21H34N4O3/c1-7-9-11-25-17(22)16(18(26)23-20(25)28)24(10-8-2)19(27)15-14(12-13(3)4)21(15,5)6/h12,14-15H,7-11,22H2,1-6H3,(H,23,26,28)/t14-,15+/m0/s1. The predicted molar refractivity (Wildman–Crippen MR) is 113 cm³/mol. The zero-order chi connectivity index (χ0) is 21.2. The molecule has 0 aliphatic heterocycles. The Morgan fingerprint density at radius 1 is 1.25 bits per heavy atom. The number of amides is 1. The molecular formula is C21H34N4O3. The molecule has 2 atom stereocenters. The number of allylic oxidation sites excluding steroid dienone is 2. The monoisotopic (exact) mass is 390 g/mol. The van der Waals surface area contributed by atoms with E-state index in [-0.39, 0.29) is 34.7 Å². The van der Waals surface area contributed by atoms with Gasteiger partial charge < -0.3 is 10.6 Å². The maximum atomic E-state index is 13.4. The molecule has 0 spiro atoms. The van der Waals surface area contributed by atoms with Gasteiger partial charge in [0.2, 0.25) is 5.91 Å². The third-order valence-corrected chi connectivity index (χ3v) is 5.62. The molecule has 2 rings (SSSR count). The summed E-state index contributed by atoms with van der Waals surface area (Å²) >= 11 is 0. The molecule has 3 N–H and O–H groups in total. The third kappa shape index (κ3) is 4.08. The van der Waals surface area contributed by atoms with Crippen LogP contribution in [0.25, 0.3) is 0 Å². The van der Waals surface area contributed by atoms with E-state index >= 15 is 0 Å². The zero-order valence-corrected chi connectivity index (χ0v) is 18.0. The zero-order valence-electron chi connectivity index (χ0n) is 18.0. The molecule has 156 valence electrons. The number of carbonyl (C=O) groups is 1. The van der Waals surface area contributed by atoms with Crippen LogP contribution in [0.1, 0.15) is 60.8 Å². The maximum Gasteiger partial charge on any atom is 0.330 e. The molecule has 0 aromatic carbocycles. The van der Waals surface area contributed by atoms with Crippen molar-refractivity contribution in [2.24, 2.45) is 17.3 Å². The van der Waals surface area contributed by atoms with Crippen molar-refractivity contribution < 1.29 is 4.79 Å². The lowest BCUT2D eigenvalue weighted by Crippen LogP contribution is -2.42. The highest BCUT2D eigenvalue weighted by molar-refractivity contribution is 5.99. The Kier molecular flexibility index (Phi) is 6.57. The summed E-state index contributed by atoms with van der Waals surface area (Å²) in [5, 5.41) is 0. The van der Waals surface area contributed by atoms with Crippen LogP contribution in [-0.2, 0) is 11.3 Å². The number of aromatic amines is 1. The van der Waals surface area contributed by atoms with E-state index < -0.39 is 11.2 Å². The van der Waals surface area contributed by atoms with Gasteiger partial charge in [-0.2, -0.15) is 0 Å². The molecule has 1 aliphatic carbocycles. The topological polar surface area (TPSA) is 101 Å². The number of hydrogen-bond donors (Lipinski definition) is 2. The van der Waals surface area contributed by atoms with Crippen molar-refractivity contribution in [3.05, 3.63) is 32.5 Å². The van der Waals surface area contributed by atoms with Gasteiger partial charge in [-0.25, -0.2) is 4.79 Å². The summed E-state index contributed by atoms with van der Waals surface area (Å²) in [5.41, 5.74) is 6.20. The first kappa shape index (κ1) is 22.0. The number of nitrogens with two attached hydrogens (primary N) is 1. The molecule has 1 heterocycles. The molecule has 28 heavy (non-hydrogen) atoms. The lowest BCUT2D eigenvalue weighted by molar-refractivity contribution is -0.120. The summed E-state index contributed by atoms with van der Waals surface area (Å²) in [5.74, 6) is -0.104. The summed E-state index contributed by atoms with van der Waals surface area (Å²) in [6.07, 6.45) is 4.45. The van der Waals surface area contributed by atoms with Gasteiger partial charge >= 0.3 is 5.69 Å². The second-order valence-corrected chi connectivity index (χ2v) is 8.56. The van der Waals surface area contributed by atoms with Crippen LogP contribution in [0, 0.1) is 17.3 Å². The van der Waals surface area contributed by atoms with Gasteiger partial charge in [0.1, 0.15) is 5.82 Å². The number of anilines is 2. The first-order chi connectivity index (χ1) is 13.1. The minimum Gasteiger partial charge on any atom is -0.383 e. The van der Waals surface area contributed by atoms with Gasteiger partial charge in [-0.05, 0) is 38.0 Å². The molecule has 0 radical (unpaired) electrons. The van der Waals surface area contributed by atoms with Crippen molar-refractivity contribution in [3.8, 4) is 0 Å². The van der Waals surface area contributed by atoms with Gasteiger partial charge in [0.25, 0.3) is 5.56 Å². The number of rotatable bonds is 8. The number of nitrogens with one attached hydrogen (secondary N) is 1. The summed E-state index contributed by atoms with van der Waals surface area (Å²) in [7, 11) is 0. The van der Waals surface area contributed by atoms with E-state index in [2.05, 4.69) is 24.9 Å². The highest BCUT2D eigenvalue weighted by Gasteiger charge is 2.61. The first-order valence-corrected chi connectivity index (χ1v) is 10.2. The molecule has 1 aromatic heterocycles. The van der Waals surface area contributed by atoms with Crippen LogP contribution in [-0.4, -0.2) is 22.0 Å². The second kappa shape index (κ2) is 8.37. The molecule has 1 saturated carbocycles. The Hall–Kier alpha value is -2.31. The van der Waals surface area contributed by atoms with Gasteiger partial charge in [0.15, 0.2) is 5.69 Å². The largest absolute Gasteiger partial charge is 0.383 e. The lowest BCUT2D eigenvalue weighted by atomic mass is 10.1. The van der Waals surface area contributed by atoms with E-state index in [0.29, 0.717) is 19.5 Å². The summed E-state index contributed by atoms with van der Waals surface area (Å²) in [4.78, 5) is 42.1. The van der Waals surface area contributed by atoms with E-state index in [1.165, 1.54) is 15.0 Å². The van der Waals surface area contributed by atoms with Gasteiger partial charge in [-0.3, -0.25) is 19.1 Å². The Bertz CT molecular complexity index is 875. The Morgan fingerprint density at radius 3 is 2.43 bits per heavy atom. The molecule has 1 fully saturated rings. The van der Waals surface area contributed by atoms with E-state index in [1.54, 1.807) is 0 Å². The Labute approximate surface area is 166 Å². The molecule has 7 heteroatoms. The molecule has 0 unspecified atom stereocenters. The average molecular weight is 391 g/mol. The van der Waals surface area contributed by atoms with E-state index in [4.69, 9.17) is 5.73 Å².